The fourth-order valence-corrected chi connectivity index (χ4v) is 7.12. The van der Waals surface area contributed by atoms with Crippen molar-refractivity contribution in [2.45, 2.75) is 70.3 Å². The minimum absolute atomic E-state index is 0.0509. The highest BCUT2D eigenvalue weighted by molar-refractivity contribution is 5.94. The first-order valence-electron chi connectivity index (χ1n) is 18.0. The normalized spacial score (nSPS) is 14.4. The first kappa shape index (κ1) is 43.5. The van der Waals surface area contributed by atoms with Crippen LogP contribution >= 0.6 is 0 Å². The number of carboxylic acid groups (broad SMARTS) is 1. The number of aliphatic carboxylic acids is 1. The number of hydrogen-bond donors (Lipinski definition) is 2. The number of nitrogens with zero attached hydrogens (tertiary/aromatic N) is 5. The number of amides is 1. The van der Waals surface area contributed by atoms with Crippen molar-refractivity contribution in [2.75, 3.05) is 13.2 Å². The zero-order valence-corrected chi connectivity index (χ0v) is 31.0. The lowest BCUT2D eigenvalue weighted by Crippen LogP contribution is -2.20. The second-order valence-corrected chi connectivity index (χ2v) is 13.8. The van der Waals surface area contributed by atoms with Gasteiger partial charge in [0.1, 0.15) is 24.0 Å². The second kappa shape index (κ2) is 17.6. The molecule has 7 rings (SSSR count). The third-order valence-corrected chi connectivity index (χ3v) is 9.59. The summed E-state index contributed by atoms with van der Waals surface area (Å²) in [6.07, 6.45) is -7.90. The number of ether oxygens (including phenoxy) is 2. The van der Waals surface area contributed by atoms with Crippen LogP contribution in [0.4, 0.5) is 39.5 Å². The van der Waals surface area contributed by atoms with Crippen molar-refractivity contribution in [3.05, 3.63) is 123 Å². The number of halogens is 9. The largest absolute Gasteiger partial charge is 0.480 e. The monoisotopic (exact) mass is 852 g/mol. The Kier molecular flexibility index (Phi) is 12.8. The quantitative estimate of drug-likeness (QED) is 0.140. The molecule has 0 unspecified atom stereocenters. The summed E-state index contributed by atoms with van der Waals surface area (Å²) in [5, 5.41) is 15.6. The van der Waals surface area contributed by atoms with Gasteiger partial charge in [0, 0.05) is 65.5 Å². The zero-order chi connectivity index (χ0) is 43.5. The number of carbonyl (C=O) groups is 3. The number of benzene rings is 2. The van der Waals surface area contributed by atoms with Crippen LogP contribution in [0.25, 0.3) is 11.1 Å². The zero-order valence-electron chi connectivity index (χ0n) is 31.0. The van der Waals surface area contributed by atoms with Crippen LogP contribution in [0.2, 0.25) is 0 Å². The number of hydrogen-bond acceptors (Lipinski definition) is 8. The summed E-state index contributed by atoms with van der Waals surface area (Å²) in [4.78, 5) is 40.2. The number of rotatable bonds is 11. The maximum Gasteiger partial charge on any atom is 0.435 e. The van der Waals surface area contributed by atoms with Gasteiger partial charge >= 0.3 is 18.3 Å². The molecule has 0 saturated carbocycles. The Morgan fingerprint density at radius 3 is 1.90 bits per heavy atom. The molecule has 318 valence electrons. The van der Waals surface area contributed by atoms with Crippen molar-refractivity contribution >= 4 is 17.7 Å². The summed E-state index contributed by atoms with van der Waals surface area (Å²) in [5.41, 5.74) is 4.38. The first-order chi connectivity index (χ1) is 28.3. The van der Waals surface area contributed by atoms with E-state index >= 15 is 0 Å². The predicted molar refractivity (Wildman–Crippen MR) is 189 cm³/mol. The Morgan fingerprint density at radius 2 is 1.37 bits per heavy atom. The SMILES string of the molecule is NC(=O)c1cc(-c2cccnc2[C@@H](CC(=O)Cn2nc(C(F)(F)F)c3c2CCOC3)Cc2cc(F)cc(F)c2)ccc1F.O=C(O)Cn1nc(C(F)(F)F)c2c1CCOC2. The van der Waals surface area contributed by atoms with Crippen LogP contribution < -0.4 is 5.73 Å². The molecule has 1 atom stereocenters. The van der Waals surface area contributed by atoms with E-state index in [1.54, 1.807) is 12.1 Å². The molecule has 0 radical (unpaired) electrons. The van der Waals surface area contributed by atoms with E-state index in [1.807, 2.05) is 0 Å². The molecular weight excluding hydrogens is 819 g/mol. The van der Waals surface area contributed by atoms with E-state index in [2.05, 4.69) is 15.2 Å². The third-order valence-electron chi connectivity index (χ3n) is 9.59. The Bertz CT molecular complexity index is 2410. The number of ketones is 1. The van der Waals surface area contributed by atoms with Crippen LogP contribution in [0.1, 0.15) is 67.9 Å². The molecule has 5 aromatic rings. The van der Waals surface area contributed by atoms with Crippen molar-refractivity contribution in [3.8, 4) is 11.1 Å². The van der Waals surface area contributed by atoms with E-state index in [1.165, 1.54) is 18.3 Å². The Hall–Kier alpha value is -6.09. The predicted octanol–water partition coefficient (Wildman–Crippen LogP) is 6.60. The van der Waals surface area contributed by atoms with Crippen LogP contribution in [0, 0.1) is 17.5 Å². The van der Waals surface area contributed by atoms with Gasteiger partial charge in [0.25, 0.3) is 5.91 Å². The van der Waals surface area contributed by atoms with Gasteiger partial charge < -0.3 is 20.3 Å². The van der Waals surface area contributed by atoms with Gasteiger partial charge in [0.2, 0.25) is 0 Å². The number of aromatic nitrogens is 5. The molecule has 0 fully saturated rings. The molecule has 0 bridgehead atoms. The number of fused-ring (bicyclic) bond motifs is 2. The first-order valence-corrected chi connectivity index (χ1v) is 18.0. The summed E-state index contributed by atoms with van der Waals surface area (Å²) in [6.45, 7) is -1.08. The minimum atomic E-state index is -4.75. The molecule has 5 heterocycles. The second-order valence-electron chi connectivity index (χ2n) is 13.8. The molecule has 3 aromatic heterocycles. The van der Waals surface area contributed by atoms with Crippen molar-refractivity contribution in [2.24, 2.45) is 5.73 Å². The van der Waals surface area contributed by atoms with Crippen LogP contribution in [0.15, 0.2) is 54.7 Å². The van der Waals surface area contributed by atoms with Crippen LogP contribution in [0.5, 0.6) is 0 Å². The number of nitrogens with two attached hydrogens (primary N) is 1. The molecule has 60 heavy (non-hydrogen) atoms. The lowest BCUT2D eigenvalue weighted by Gasteiger charge is -2.20. The van der Waals surface area contributed by atoms with Crippen molar-refractivity contribution in [3.63, 3.8) is 0 Å². The van der Waals surface area contributed by atoms with Gasteiger partial charge in [-0.1, -0.05) is 12.1 Å². The Balaban J connectivity index is 0.000000296. The fraction of sp³-hybridized carbons (Fsp3) is 0.333. The third kappa shape index (κ3) is 10.0. The van der Waals surface area contributed by atoms with E-state index in [4.69, 9.17) is 20.3 Å². The molecule has 0 spiro atoms. The molecule has 12 nitrogen and oxygen atoms in total. The number of carboxylic acids is 1. The maximum atomic E-state index is 14.2. The maximum absolute atomic E-state index is 14.2. The van der Waals surface area contributed by atoms with Gasteiger partial charge in [0.05, 0.1) is 44.2 Å². The smallest absolute Gasteiger partial charge is 0.435 e. The molecule has 21 heteroatoms. The van der Waals surface area contributed by atoms with Crippen molar-refractivity contribution < 1.29 is 68.5 Å². The number of Topliss-reactive ketones (excluding diaryl/α,β-unsaturated/α-hetero) is 1. The molecule has 0 saturated heterocycles. The molecule has 2 aromatic carbocycles. The Labute approximate surface area is 333 Å². The lowest BCUT2D eigenvalue weighted by atomic mass is 9.86. The van der Waals surface area contributed by atoms with Gasteiger partial charge in [-0.15, -0.1) is 0 Å². The minimum Gasteiger partial charge on any atom is -0.480 e. The Morgan fingerprint density at radius 1 is 0.800 bits per heavy atom. The van der Waals surface area contributed by atoms with Gasteiger partial charge in [0.15, 0.2) is 17.2 Å². The number of carbonyl (C=O) groups excluding carboxylic acids is 2. The molecular formula is C39H33F9N6O6. The van der Waals surface area contributed by atoms with Crippen molar-refractivity contribution in [1.82, 2.24) is 24.5 Å². The van der Waals surface area contributed by atoms with Gasteiger partial charge in [-0.05, 0) is 47.9 Å². The van der Waals surface area contributed by atoms with Crippen LogP contribution in [-0.2, 0) is 77.0 Å². The summed E-state index contributed by atoms with van der Waals surface area (Å²) in [5.74, 6) is -6.08. The molecule has 3 N–H and O–H groups in total. The number of pyridine rings is 1. The van der Waals surface area contributed by atoms with E-state index in [9.17, 15) is 53.9 Å². The summed E-state index contributed by atoms with van der Waals surface area (Å²) in [7, 11) is 0. The van der Waals surface area contributed by atoms with Crippen LogP contribution in [0.3, 0.4) is 0 Å². The highest BCUT2D eigenvalue weighted by atomic mass is 19.4. The summed E-state index contributed by atoms with van der Waals surface area (Å²) >= 11 is 0. The summed E-state index contributed by atoms with van der Waals surface area (Å²) < 4.78 is 133. The average molecular weight is 853 g/mol. The summed E-state index contributed by atoms with van der Waals surface area (Å²) in [6, 6.07) is 9.76. The van der Waals surface area contributed by atoms with E-state index in [-0.39, 0.29) is 85.8 Å². The van der Waals surface area contributed by atoms with Crippen LogP contribution in [-0.4, -0.2) is 60.5 Å². The topological polar surface area (TPSA) is 164 Å². The van der Waals surface area contributed by atoms with Gasteiger partial charge in [-0.25, -0.2) is 13.2 Å². The lowest BCUT2D eigenvalue weighted by molar-refractivity contribution is -0.144. The van der Waals surface area contributed by atoms with Crippen molar-refractivity contribution in [1.29, 1.82) is 0 Å². The van der Waals surface area contributed by atoms with Gasteiger partial charge in [-0.2, -0.15) is 36.5 Å². The standard InChI is InChI=1S/C30H24F6N4O3.C9H9F3N2O3/c31-19-9-16(10-20(32)13-19)8-18(27-22(2-1-6-38-27)17-3-4-25(33)23(12-17)29(37)42)11-21(41)14-40-26-5-7-43-15-24(26)28(39-40)30(34,35)36;10-9(11,12)8-5-4-17-2-1-6(5)14(13-8)3-7(15)16/h1-4,6,9-10,12-13,18H,5,7-8,11,14-15H2,(H2,37,42);1-4H2,(H,15,16)/t18-;/m1./s1. The molecule has 2 aliphatic heterocycles. The van der Waals surface area contributed by atoms with E-state index in [0.717, 1.165) is 27.6 Å². The molecule has 1 amide bonds. The number of primary amides is 1. The highest BCUT2D eigenvalue weighted by Gasteiger charge is 2.41. The van der Waals surface area contributed by atoms with Gasteiger partial charge in [-0.3, -0.25) is 28.7 Å². The van der Waals surface area contributed by atoms with E-state index < -0.39 is 77.9 Å². The number of alkyl halides is 6. The highest BCUT2D eigenvalue weighted by Crippen LogP contribution is 2.37. The van der Waals surface area contributed by atoms with E-state index in [0.29, 0.717) is 22.9 Å². The average Bonchev–Trinajstić information content (AvgIpc) is 3.73. The molecule has 2 aliphatic rings. The fourth-order valence-electron chi connectivity index (χ4n) is 7.12. The molecule has 0 aliphatic carbocycles.